The first-order valence-corrected chi connectivity index (χ1v) is 6.76. The molecule has 1 rings (SSSR count). The summed E-state index contributed by atoms with van der Waals surface area (Å²) in [5, 5.41) is 11.0. The first-order chi connectivity index (χ1) is 8.93. The number of carbonyl (C=O) groups excluding carboxylic acids is 2. The van der Waals surface area contributed by atoms with Crippen LogP contribution in [-0.2, 0) is 9.59 Å². The molecule has 1 aliphatic rings. The maximum absolute atomic E-state index is 11.9. The number of urea groups is 1. The van der Waals surface area contributed by atoms with E-state index >= 15 is 0 Å². The average Bonchev–Trinajstić information content (AvgIpc) is 3.07. The number of imide groups is 1. The van der Waals surface area contributed by atoms with E-state index in [2.05, 4.69) is 5.32 Å². The minimum atomic E-state index is -0.933. The Balaban J connectivity index is 2.37. The van der Waals surface area contributed by atoms with E-state index in [1.165, 1.54) is 0 Å². The smallest absolute Gasteiger partial charge is 0.324 e. The van der Waals surface area contributed by atoms with E-state index in [1.807, 2.05) is 6.92 Å². The zero-order valence-electron chi connectivity index (χ0n) is 11.5. The van der Waals surface area contributed by atoms with Crippen LogP contribution in [0.15, 0.2) is 0 Å². The third-order valence-electron chi connectivity index (χ3n) is 3.02. The van der Waals surface area contributed by atoms with E-state index in [1.54, 1.807) is 11.8 Å². The van der Waals surface area contributed by atoms with Gasteiger partial charge in [-0.15, -0.1) is 0 Å². The average molecular weight is 270 g/mol. The Hall–Kier alpha value is -1.59. The van der Waals surface area contributed by atoms with Gasteiger partial charge < -0.3 is 10.0 Å². The van der Waals surface area contributed by atoms with Gasteiger partial charge in [0, 0.05) is 25.4 Å². The number of nitrogens with one attached hydrogen (secondary N) is 1. The van der Waals surface area contributed by atoms with Gasteiger partial charge in [-0.3, -0.25) is 14.9 Å². The number of hydrogen-bond acceptors (Lipinski definition) is 3. The number of amides is 3. The predicted octanol–water partition coefficient (Wildman–Crippen LogP) is 1.60. The van der Waals surface area contributed by atoms with Gasteiger partial charge in [-0.05, 0) is 25.2 Å². The van der Waals surface area contributed by atoms with Crippen molar-refractivity contribution < 1.29 is 19.5 Å². The van der Waals surface area contributed by atoms with E-state index in [4.69, 9.17) is 5.11 Å². The molecular weight excluding hydrogens is 248 g/mol. The third-order valence-corrected chi connectivity index (χ3v) is 3.02. The highest BCUT2D eigenvalue weighted by Crippen LogP contribution is 2.26. The second-order valence-corrected chi connectivity index (χ2v) is 5.19. The summed E-state index contributed by atoms with van der Waals surface area (Å²) >= 11 is 0. The van der Waals surface area contributed by atoms with Crippen LogP contribution in [0.4, 0.5) is 4.79 Å². The normalized spacial score (nSPS) is 15.7. The van der Waals surface area contributed by atoms with Crippen molar-refractivity contribution in [2.45, 2.75) is 52.0 Å². The predicted molar refractivity (Wildman–Crippen MR) is 69.6 cm³/mol. The highest BCUT2D eigenvalue weighted by molar-refractivity contribution is 5.94. The first-order valence-electron chi connectivity index (χ1n) is 6.76. The molecule has 0 aromatic heterocycles. The van der Waals surface area contributed by atoms with E-state index in [9.17, 15) is 14.4 Å². The highest BCUT2D eigenvalue weighted by atomic mass is 16.4. The quantitative estimate of drug-likeness (QED) is 0.735. The van der Waals surface area contributed by atoms with E-state index in [0.717, 1.165) is 19.3 Å². The lowest BCUT2D eigenvalue weighted by molar-refractivity contribution is -0.138. The second-order valence-electron chi connectivity index (χ2n) is 5.19. The van der Waals surface area contributed by atoms with Gasteiger partial charge in [0.1, 0.15) is 0 Å². The fourth-order valence-corrected chi connectivity index (χ4v) is 2.01. The molecule has 1 atom stereocenters. The summed E-state index contributed by atoms with van der Waals surface area (Å²) in [5.41, 5.74) is 0. The van der Waals surface area contributed by atoms with Crippen molar-refractivity contribution in [3.05, 3.63) is 0 Å². The molecule has 6 heteroatoms. The second kappa shape index (κ2) is 7.11. The molecule has 0 heterocycles. The molecule has 2 N–H and O–H groups in total. The molecule has 0 aromatic carbocycles. The minimum absolute atomic E-state index is 0.0582. The van der Waals surface area contributed by atoms with E-state index < -0.39 is 11.9 Å². The lowest BCUT2D eigenvalue weighted by atomic mass is 10.0. The molecule has 6 nitrogen and oxygen atoms in total. The number of carboxylic acid groups (broad SMARTS) is 1. The zero-order valence-corrected chi connectivity index (χ0v) is 11.5. The summed E-state index contributed by atoms with van der Waals surface area (Å²) in [6.45, 7) is 4.32. The van der Waals surface area contributed by atoms with Crippen molar-refractivity contribution in [2.24, 2.45) is 5.92 Å². The van der Waals surface area contributed by atoms with E-state index in [-0.39, 0.29) is 30.8 Å². The molecule has 0 radical (unpaired) electrons. The molecule has 108 valence electrons. The number of rotatable bonds is 7. The van der Waals surface area contributed by atoms with Crippen LogP contribution in [0, 0.1) is 5.92 Å². The lowest BCUT2D eigenvalue weighted by Crippen LogP contribution is -2.44. The molecule has 19 heavy (non-hydrogen) atoms. The molecule has 0 aromatic rings. The Morgan fingerprint density at radius 2 is 1.95 bits per heavy atom. The van der Waals surface area contributed by atoms with Crippen LogP contribution in [0.2, 0.25) is 0 Å². The van der Waals surface area contributed by atoms with Crippen molar-refractivity contribution >= 4 is 17.9 Å². The standard InChI is InChI=1S/C13H22N2O4/c1-3-6-15(10-4-5-10)13(19)14-11(16)7-9(2)8-12(17)18/h9-10H,3-8H2,1-2H3,(H,17,18)(H,14,16,19). The monoisotopic (exact) mass is 270 g/mol. The van der Waals surface area contributed by atoms with Gasteiger partial charge in [0.15, 0.2) is 0 Å². The number of nitrogens with zero attached hydrogens (tertiary/aromatic N) is 1. The van der Waals surface area contributed by atoms with Crippen LogP contribution >= 0.6 is 0 Å². The summed E-state index contributed by atoms with van der Waals surface area (Å²) < 4.78 is 0. The fraction of sp³-hybridized carbons (Fsp3) is 0.769. The van der Waals surface area contributed by atoms with Gasteiger partial charge in [0.25, 0.3) is 0 Å². The van der Waals surface area contributed by atoms with Gasteiger partial charge in [-0.25, -0.2) is 4.79 Å². The van der Waals surface area contributed by atoms with Crippen molar-refractivity contribution in [3.8, 4) is 0 Å². The molecule has 0 spiro atoms. The first kappa shape index (κ1) is 15.5. The van der Waals surface area contributed by atoms with Gasteiger partial charge in [-0.1, -0.05) is 13.8 Å². The molecule has 1 unspecified atom stereocenters. The Kier molecular flexibility index (Phi) is 5.79. The summed E-state index contributed by atoms with van der Waals surface area (Å²) in [4.78, 5) is 35.7. The van der Waals surface area contributed by atoms with Gasteiger partial charge in [-0.2, -0.15) is 0 Å². The van der Waals surface area contributed by atoms with Crippen molar-refractivity contribution in [3.63, 3.8) is 0 Å². The Morgan fingerprint density at radius 3 is 2.42 bits per heavy atom. The van der Waals surface area contributed by atoms with Crippen LogP contribution < -0.4 is 5.32 Å². The fourth-order valence-electron chi connectivity index (χ4n) is 2.01. The summed E-state index contributed by atoms with van der Waals surface area (Å²) in [7, 11) is 0. The summed E-state index contributed by atoms with van der Waals surface area (Å²) in [6.07, 6.45) is 2.84. The number of aliphatic carboxylic acids is 1. The van der Waals surface area contributed by atoms with Gasteiger partial charge in [0.2, 0.25) is 5.91 Å². The third kappa shape index (κ3) is 5.72. The minimum Gasteiger partial charge on any atom is -0.481 e. The molecular formula is C13H22N2O4. The van der Waals surface area contributed by atoms with Gasteiger partial charge >= 0.3 is 12.0 Å². The number of carbonyl (C=O) groups is 3. The van der Waals surface area contributed by atoms with Crippen LogP contribution in [-0.4, -0.2) is 40.5 Å². The SMILES string of the molecule is CCCN(C(=O)NC(=O)CC(C)CC(=O)O)C1CC1. The van der Waals surface area contributed by atoms with E-state index in [0.29, 0.717) is 6.54 Å². The molecule has 1 aliphatic carbocycles. The number of hydrogen-bond donors (Lipinski definition) is 2. The van der Waals surface area contributed by atoms with Crippen LogP contribution in [0.25, 0.3) is 0 Å². The Labute approximate surface area is 113 Å². The van der Waals surface area contributed by atoms with Crippen molar-refractivity contribution in [2.75, 3.05) is 6.54 Å². The Morgan fingerprint density at radius 1 is 1.32 bits per heavy atom. The number of carboxylic acids is 1. The Bertz CT molecular complexity index is 353. The van der Waals surface area contributed by atoms with Crippen LogP contribution in [0.1, 0.15) is 46.0 Å². The molecule has 0 bridgehead atoms. The molecule has 1 saturated carbocycles. The van der Waals surface area contributed by atoms with Gasteiger partial charge in [0.05, 0.1) is 0 Å². The van der Waals surface area contributed by atoms with Crippen molar-refractivity contribution in [1.29, 1.82) is 0 Å². The lowest BCUT2D eigenvalue weighted by Gasteiger charge is -2.21. The van der Waals surface area contributed by atoms with Crippen molar-refractivity contribution in [1.82, 2.24) is 10.2 Å². The molecule has 1 fully saturated rings. The van der Waals surface area contributed by atoms with Crippen LogP contribution in [0.3, 0.4) is 0 Å². The van der Waals surface area contributed by atoms with Crippen LogP contribution in [0.5, 0.6) is 0 Å². The maximum atomic E-state index is 11.9. The zero-order chi connectivity index (χ0) is 14.4. The largest absolute Gasteiger partial charge is 0.481 e. The summed E-state index contributed by atoms with van der Waals surface area (Å²) in [6, 6.07) is -0.0823. The topological polar surface area (TPSA) is 86.7 Å². The highest BCUT2D eigenvalue weighted by Gasteiger charge is 2.32. The molecule has 0 aliphatic heterocycles. The molecule has 3 amide bonds. The molecule has 0 saturated heterocycles. The summed E-state index contributed by atoms with van der Waals surface area (Å²) in [5.74, 6) is -1.61. The maximum Gasteiger partial charge on any atom is 0.324 e.